The zero-order chi connectivity index (χ0) is 10.6. The number of methoxy groups -OCH3 is 1. The average molecular weight is 222 g/mol. The molecule has 1 saturated carbocycles. The van der Waals surface area contributed by atoms with Crippen molar-refractivity contribution in [2.75, 3.05) is 7.11 Å². The van der Waals surface area contributed by atoms with E-state index in [1.165, 1.54) is 37.0 Å². The van der Waals surface area contributed by atoms with Crippen LogP contribution in [0.25, 0.3) is 0 Å². The SMILES string of the molecule is COC1(Sc2ccccc2)CCCCC1. The van der Waals surface area contributed by atoms with Crippen LogP contribution < -0.4 is 0 Å². The highest BCUT2D eigenvalue weighted by Gasteiger charge is 2.32. The van der Waals surface area contributed by atoms with Gasteiger partial charge in [0.1, 0.15) is 4.93 Å². The summed E-state index contributed by atoms with van der Waals surface area (Å²) >= 11 is 1.89. The smallest absolute Gasteiger partial charge is 0.117 e. The molecule has 1 aromatic carbocycles. The molecule has 1 fully saturated rings. The number of benzene rings is 1. The summed E-state index contributed by atoms with van der Waals surface area (Å²) in [4.78, 5) is 1.36. The fraction of sp³-hybridized carbons (Fsp3) is 0.538. The molecule has 1 aliphatic carbocycles. The second kappa shape index (κ2) is 5.04. The van der Waals surface area contributed by atoms with E-state index in [2.05, 4.69) is 30.3 Å². The van der Waals surface area contributed by atoms with E-state index >= 15 is 0 Å². The van der Waals surface area contributed by atoms with Crippen LogP contribution in [0.3, 0.4) is 0 Å². The molecule has 0 aliphatic heterocycles. The third-order valence-corrected chi connectivity index (χ3v) is 4.49. The normalized spacial score (nSPS) is 20.1. The third-order valence-electron chi connectivity index (χ3n) is 3.03. The van der Waals surface area contributed by atoms with Gasteiger partial charge in [-0.15, -0.1) is 0 Å². The minimum atomic E-state index is 0.0413. The van der Waals surface area contributed by atoms with Crippen molar-refractivity contribution in [1.82, 2.24) is 0 Å². The molecule has 0 bridgehead atoms. The van der Waals surface area contributed by atoms with Gasteiger partial charge < -0.3 is 4.74 Å². The Morgan fingerprint density at radius 3 is 2.33 bits per heavy atom. The van der Waals surface area contributed by atoms with Crippen molar-refractivity contribution in [3.05, 3.63) is 30.3 Å². The first-order chi connectivity index (χ1) is 7.35. The largest absolute Gasteiger partial charge is 0.367 e. The van der Waals surface area contributed by atoms with E-state index in [1.54, 1.807) is 0 Å². The summed E-state index contributed by atoms with van der Waals surface area (Å²) in [5.41, 5.74) is 0. The standard InChI is InChI=1S/C13H18OS/c1-14-13(10-6-3-7-11-13)15-12-8-4-2-5-9-12/h2,4-5,8-9H,3,6-7,10-11H2,1H3. The molecular weight excluding hydrogens is 204 g/mol. The molecule has 2 rings (SSSR count). The lowest BCUT2D eigenvalue weighted by atomic mass is 9.97. The van der Waals surface area contributed by atoms with Crippen LogP contribution in [0, 0.1) is 0 Å². The van der Waals surface area contributed by atoms with E-state index in [0.29, 0.717) is 0 Å². The number of ether oxygens (including phenoxy) is 1. The van der Waals surface area contributed by atoms with Crippen molar-refractivity contribution in [3.63, 3.8) is 0 Å². The van der Waals surface area contributed by atoms with Crippen LogP contribution >= 0.6 is 11.8 Å². The Bertz CT molecular complexity index is 291. The van der Waals surface area contributed by atoms with Crippen LogP contribution in [-0.4, -0.2) is 12.0 Å². The summed E-state index contributed by atoms with van der Waals surface area (Å²) in [6.07, 6.45) is 6.33. The van der Waals surface area contributed by atoms with Crippen LogP contribution in [0.5, 0.6) is 0 Å². The molecule has 0 amide bonds. The molecule has 0 aromatic heterocycles. The Balaban J connectivity index is 2.07. The summed E-state index contributed by atoms with van der Waals surface area (Å²) in [6.45, 7) is 0. The van der Waals surface area contributed by atoms with Gasteiger partial charge in [-0.3, -0.25) is 0 Å². The van der Waals surface area contributed by atoms with Crippen molar-refractivity contribution in [2.24, 2.45) is 0 Å². The molecular formula is C13H18OS. The number of thioether (sulfide) groups is 1. The summed E-state index contributed by atoms with van der Waals surface area (Å²) < 4.78 is 5.75. The molecule has 0 N–H and O–H groups in total. The average Bonchev–Trinajstić information content (AvgIpc) is 2.32. The van der Waals surface area contributed by atoms with Crippen LogP contribution in [0.1, 0.15) is 32.1 Å². The third kappa shape index (κ3) is 2.76. The van der Waals surface area contributed by atoms with Gasteiger partial charge in [0.2, 0.25) is 0 Å². The van der Waals surface area contributed by atoms with Crippen molar-refractivity contribution < 1.29 is 4.74 Å². The van der Waals surface area contributed by atoms with Crippen LogP contribution in [0.4, 0.5) is 0 Å². The van der Waals surface area contributed by atoms with Gasteiger partial charge in [-0.05, 0) is 37.8 Å². The quantitative estimate of drug-likeness (QED) is 0.712. The zero-order valence-electron chi connectivity index (χ0n) is 9.24. The van der Waals surface area contributed by atoms with Crippen LogP contribution in [-0.2, 0) is 4.74 Å². The lowest BCUT2D eigenvalue weighted by molar-refractivity contribution is 0.0398. The topological polar surface area (TPSA) is 9.23 Å². The molecule has 0 saturated heterocycles. The summed E-state index contributed by atoms with van der Waals surface area (Å²) in [5.74, 6) is 0. The van der Waals surface area contributed by atoms with Crippen molar-refractivity contribution in [1.29, 1.82) is 0 Å². The summed E-state index contributed by atoms with van der Waals surface area (Å²) in [7, 11) is 1.85. The number of rotatable bonds is 3. The van der Waals surface area contributed by atoms with Gasteiger partial charge in [0, 0.05) is 12.0 Å². The Labute approximate surface area is 96.2 Å². The fourth-order valence-electron chi connectivity index (χ4n) is 2.14. The van der Waals surface area contributed by atoms with E-state index in [4.69, 9.17) is 4.74 Å². The number of hydrogen-bond acceptors (Lipinski definition) is 2. The first-order valence-corrected chi connectivity index (χ1v) is 6.45. The van der Waals surface area contributed by atoms with E-state index in [-0.39, 0.29) is 4.93 Å². The van der Waals surface area contributed by atoms with Crippen molar-refractivity contribution in [2.45, 2.75) is 41.9 Å². The van der Waals surface area contributed by atoms with Gasteiger partial charge in [-0.1, -0.05) is 36.4 Å². The van der Waals surface area contributed by atoms with Gasteiger partial charge in [0.05, 0.1) is 0 Å². The zero-order valence-corrected chi connectivity index (χ0v) is 10.1. The van der Waals surface area contributed by atoms with E-state index in [0.717, 1.165) is 0 Å². The van der Waals surface area contributed by atoms with Gasteiger partial charge in [0.15, 0.2) is 0 Å². The molecule has 1 nitrogen and oxygen atoms in total. The molecule has 82 valence electrons. The first kappa shape index (κ1) is 11.0. The molecule has 0 radical (unpaired) electrons. The van der Waals surface area contributed by atoms with E-state index in [9.17, 15) is 0 Å². The van der Waals surface area contributed by atoms with Crippen LogP contribution in [0.15, 0.2) is 35.2 Å². The van der Waals surface area contributed by atoms with Gasteiger partial charge >= 0.3 is 0 Å². The monoisotopic (exact) mass is 222 g/mol. The lowest BCUT2D eigenvalue weighted by Gasteiger charge is -2.35. The molecule has 0 atom stereocenters. The number of hydrogen-bond donors (Lipinski definition) is 0. The lowest BCUT2D eigenvalue weighted by Crippen LogP contribution is -2.29. The minimum absolute atomic E-state index is 0.0413. The predicted octanol–water partition coefficient (Wildman–Crippen LogP) is 4.09. The van der Waals surface area contributed by atoms with Gasteiger partial charge in [-0.2, -0.15) is 0 Å². The molecule has 0 spiro atoms. The van der Waals surface area contributed by atoms with Gasteiger partial charge in [-0.25, -0.2) is 0 Å². The summed E-state index contributed by atoms with van der Waals surface area (Å²) in [5, 5.41) is 0. The Morgan fingerprint density at radius 2 is 1.73 bits per heavy atom. The van der Waals surface area contributed by atoms with Gasteiger partial charge in [0.25, 0.3) is 0 Å². The molecule has 1 aromatic rings. The van der Waals surface area contributed by atoms with Crippen molar-refractivity contribution >= 4 is 11.8 Å². The molecule has 2 heteroatoms. The molecule has 1 aliphatic rings. The Morgan fingerprint density at radius 1 is 1.07 bits per heavy atom. The predicted molar refractivity (Wildman–Crippen MR) is 65.1 cm³/mol. The highest BCUT2D eigenvalue weighted by molar-refractivity contribution is 8.00. The molecule has 0 heterocycles. The molecule has 0 unspecified atom stereocenters. The highest BCUT2D eigenvalue weighted by Crippen LogP contribution is 2.44. The van der Waals surface area contributed by atoms with E-state index in [1.807, 2.05) is 18.9 Å². The van der Waals surface area contributed by atoms with Crippen LogP contribution in [0.2, 0.25) is 0 Å². The maximum atomic E-state index is 5.75. The Hall–Kier alpha value is -0.470. The first-order valence-electron chi connectivity index (χ1n) is 5.64. The second-order valence-corrected chi connectivity index (χ2v) is 5.51. The highest BCUT2D eigenvalue weighted by atomic mass is 32.2. The fourth-order valence-corrected chi connectivity index (χ4v) is 3.44. The second-order valence-electron chi connectivity index (χ2n) is 4.09. The maximum absolute atomic E-state index is 5.75. The van der Waals surface area contributed by atoms with Crippen molar-refractivity contribution in [3.8, 4) is 0 Å². The summed E-state index contributed by atoms with van der Waals surface area (Å²) in [6, 6.07) is 10.6. The Kier molecular flexibility index (Phi) is 3.71. The van der Waals surface area contributed by atoms with E-state index < -0.39 is 0 Å². The molecule has 15 heavy (non-hydrogen) atoms. The maximum Gasteiger partial charge on any atom is 0.117 e. The minimum Gasteiger partial charge on any atom is -0.367 e.